The Kier molecular flexibility index (Phi) is 4.28. The molecule has 30 heavy (non-hydrogen) atoms. The molecule has 3 aromatic heterocycles. The Bertz CT molecular complexity index is 1340. The lowest BCUT2D eigenvalue weighted by Gasteiger charge is -2.07. The van der Waals surface area contributed by atoms with Crippen LogP contribution in [0.5, 0.6) is 0 Å². The van der Waals surface area contributed by atoms with Crippen LogP contribution in [-0.2, 0) is 0 Å². The summed E-state index contributed by atoms with van der Waals surface area (Å²) in [6.07, 6.45) is 3.17. The molecule has 5 aromatic rings. The molecule has 0 aliphatic rings. The van der Waals surface area contributed by atoms with Gasteiger partial charge in [-0.05, 0) is 56.3 Å². The molecule has 0 atom stereocenters. The number of pyridine rings is 1. The SMILES string of the molecule is Cc1ncoc1-c1ccc(Nc2cccc3c(C)n(-c4ccc(F)cc4)nc23)cn1. The molecule has 0 saturated carbocycles. The van der Waals surface area contributed by atoms with Crippen molar-refractivity contribution in [2.45, 2.75) is 13.8 Å². The Hall–Kier alpha value is -4.00. The maximum Gasteiger partial charge on any atom is 0.181 e. The van der Waals surface area contributed by atoms with E-state index in [4.69, 9.17) is 9.52 Å². The van der Waals surface area contributed by atoms with Crippen LogP contribution in [0.25, 0.3) is 28.0 Å². The number of aromatic nitrogens is 4. The first-order chi connectivity index (χ1) is 14.6. The number of hydrogen-bond donors (Lipinski definition) is 1. The fraction of sp³-hybridized carbons (Fsp3) is 0.0870. The van der Waals surface area contributed by atoms with Crippen LogP contribution >= 0.6 is 0 Å². The van der Waals surface area contributed by atoms with E-state index in [1.54, 1.807) is 18.3 Å². The molecule has 7 heteroatoms. The Balaban J connectivity index is 1.50. The van der Waals surface area contributed by atoms with E-state index in [2.05, 4.69) is 15.3 Å². The molecule has 0 aliphatic heterocycles. The number of halogens is 1. The molecule has 0 fully saturated rings. The van der Waals surface area contributed by atoms with Crippen molar-refractivity contribution in [3.8, 4) is 17.1 Å². The summed E-state index contributed by atoms with van der Waals surface area (Å²) in [6, 6.07) is 16.1. The number of rotatable bonds is 4. The zero-order valence-electron chi connectivity index (χ0n) is 16.4. The van der Waals surface area contributed by atoms with E-state index in [9.17, 15) is 4.39 Å². The predicted molar refractivity (Wildman–Crippen MR) is 114 cm³/mol. The second kappa shape index (κ2) is 7.11. The molecular formula is C23H18FN5O. The predicted octanol–water partition coefficient (Wildman–Crippen LogP) is 5.58. The van der Waals surface area contributed by atoms with Gasteiger partial charge in [-0.15, -0.1) is 0 Å². The van der Waals surface area contributed by atoms with E-state index in [-0.39, 0.29) is 5.82 Å². The van der Waals surface area contributed by atoms with Gasteiger partial charge in [0.1, 0.15) is 17.0 Å². The topological polar surface area (TPSA) is 68.8 Å². The lowest BCUT2D eigenvalue weighted by atomic mass is 10.2. The van der Waals surface area contributed by atoms with Crippen molar-refractivity contribution >= 4 is 22.3 Å². The lowest BCUT2D eigenvalue weighted by Crippen LogP contribution is -1.98. The average Bonchev–Trinajstić information content (AvgIpc) is 3.33. The van der Waals surface area contributed by atoms with Crippen molar-refractivity contribution in [3.63, 3.8) is 0 Å². The zero-order valence-corrected chi connectivity index (χ0v) is 16.4. The molecule has 0 amide bonds. The molecule has 0 spiro atoms. The summed E-state index contributed by atoms with van der Waals surface area (Å²) < 4.78 is 20.5. The van der Waals surface area contributed by atoms with E-state index in [0.717, 1.165) is 45.0 Å². The van der Waals surface area contributed by atoms with Gasteiger partial charge in [-0.25, -0.2) is 14.1 Å². The summed E-state index contributed by atoms with van der Waals surface area (Å²) in [5.41, 5.74) is 5.84. The molecule has 0 radical (unpaired) electrons. The van der Waals surface area contributed by atoms with Crippen LogP contribution < -0.4 is 5.32 Å². The highest BCUT2D eigenvalue weighted by atomic mass is 19.1. The van der Waals surface area contributed by atoms with Crippen LogP contribution in [0.4, 0.5) is 15.8 Å². The number of nitrogens with zero attached hydrogens (tertiary/aromatic N) is 4. The molecule has 148 valence electrons. The zero-order chi connectivity index (χ0) is 20.7. The third-order valence-corrected chi connectivity index (χ3v) is 5.04. The third kappa shape index (κ3) is 3.10. The smallest absolute Gasteiger partial charge is 0.181 e. The summed E-state index contributed by atoms with van der Waals surface area (Å²) in [4.78, 5) is 8.58. The highest BCUT2D eigenvalue weighted by Crippen LogP contribution is 2.30. The highest BCUT2D eigenvalue weighted by molar-refractivity contribution is 5.94. The van der Waals surface area contributed by atoms with Crippen LogP contribution in [0.1, 0.15) is 11.4 Å². The van der Waals surface area contributed by atoms with Crippen molar-refractivity contribution in [2.75, 3.05) is 5.32 Å². The van der Waals surface area contributed by atoms with Crippen LogP contribution in [0.2, 0.25) is 0 Å². The minimum absolute atomic E-state index is 0.271. The van der Waals surface area contributed by atoms with Gasteiger partial charge >= 0.3 is 0 Å². The summed E-state index contributed by atoms with van der Waals surface area (Å²) >= 11 is 0. The number of fused-ring (bicyclic) bond motifs is 1. The van der Waals surface area contributed by atoms with Gasteiger partial charge in [0.05, 0.1) is 29.0 Å². The van der Waals surface area contributed by atoms with Gasteiger partial charge in [-0.1, -0.05) is 12.1 Å². The number of oxazole rings is 1. The molecule has 5 rings (SSSR count). The van der Waals surface area contributed by atoms with Gasteiger partial charge in [0.2, 0.25) is 0 Å². The summed E-state index contributed by atoms with van der Waals surface area (Å²) in [5, 5.41) is 9.18. The third-order valence-electron chi connectivity index (χ3n) is 5.04. The van der Waals surface area contributed by atoms with Crippen LogP contribution in [0.3, 0.4) is 0 Å². The van der Waals surface area contributed by atoms with Crippen molar-refractivity contribution in [1.82, 2.24) is 19.7 Å². The van der Waals surface area contributed by atoms with Crippen molar-refractivity contribution in [3.05, 3.63) is 84.4 Å². The van der Waals surface area contributed by atoms with Crippen molar-refractivity contribution < 1.29 is 8.81 Å². The minimum atomic E-state index is -0.271. The number of hydrogen-bond acceptors (Lipinski definition) is 5. The summed E-state index contributed by atoms with van der Waals surface area (Å²) in [7, 11) is 0. The molecule has 0 bridgehead atoms. The quantitative estimate of drug-likeness (QED) is 0.428. The summed E-state index contributed by atoms with van der Waals surface area (Å²) in [5.74, 6) is 0.393. The van der Waals surface area contributed by atoms with Gasteiger partial charge in [0, 0.05) is 11.1 Å². The largest absolute Gasteiger partial charge is 0.442 e. The number of nitrogens with one attached hydrogen (secondary N) is 1. The van der Waals surface area contributed by atoms with Crippen molar-refractivity contribution in [1.29, 1.82) is 0 Å². The molecule has 3 heterocycles. The fourth-order valence-electron chi connectivity index (χ4n) is 3.47. The summed E-state index contributed by atoms with van der Waals surface area (Å²) in [6.45, 7) is 3.88. The maximum absolute atomic E-state index is 13.3. The molecule has 6 nitrogen and oxygen atoms in total. The molecule has 2 aromatic carbocycles. The monoisotopic (exact) mass is 399 g/mol. The highest BCUT2D eigenvalue weighted by Gasteiger charge is 2.13. The Morgan fingerprint density at radius 2 is 1.80 bits per heavy atom. The van der Waals surface area contributed by atoms with Crippen LogP contribution in [-0.4, -0.2) is 19.7 Å². The first-order valence-corrected chi connectivity index (χ1v) is 9.48. The van der Waals surface area contributed by atoms with Gasteiger partial charge in [0.15, 0.2) is 12.2 Å². The number of anilines is 2. The standard InChI is InChI=1S/C23H18FN5O/c1-14-23(30-13-26-14)21-11-8-17(12-25-21)27-20-5-3-4-19-15(2)29(28-22(19)20)18-9-6-16(24)7-10-18/h3-13,27H,1-2H3. The lowest BCUT2D eigenvalue weighted by molar-refractivity contribution is 0.569. The molecule has 0 aliphatic carbocycles. The van der Waals surface area contributed by atoms with Gasteiger partial charge in [0.25, 0.3) is 0 Å². The van der Waals surface area contributed by atoms with E-state index >= 15 is 0 Å². The first kappa shape index (κ1) is 18.1. The molecule has 0 saturated heterocycles. The van der Waals surface area contributed by atoms with E-state index in [0.29, 0.717) is 5.76 Å². The van der Waals surface area contributed by atoms with Gasteiger partial charge < -0.3 is 9.73 Å². The molecule has 1 N–H and O–H groups in total. The fourth-order valence-corrected chi connectivity index (χ4v) is 3.47. The van der Waals surface area contributed by atoms with Gasteiger partial charge in [-0.2, -0.15) is 5.10 Å². The van der Waals surface area contributed by atoms with Crippen molar-refractivity contribution in [2.24, 2.45) is 0 Å². The second-order valence-electron chi connectivity index (χ2n) is 7.00. The Morgan fingerprint density at radius 1 is 0.967 bits per heavy atom. The molecule has 0 unspecified atom stereocenters. The average molecular weight is 399 g/mol. The maximum atomic E-state index is 13.3. The number of benzene rings is 2. The van der Waals surface area contributed by atoms with Gasteiger partial charge in [-0.3, -0.25) is 4.98 Å². The second-order valence-corrected chi connectivity index (χ2v) is 7.00. The Labute approximate surface area is 172 Å². The first-order valence-electron chi connectivity index (χ1n) is 9.48. The van der Waals surface area contributed by atoms with E-state index in [1.165, 1.54) is 18.5 Å². The van der Waals surface area contributed by atoms with Crippen LogP contribution in [0, 0.1) is 19.7 Å². The molecular weight excluding hydrogens is 381 g/mol. The van der Waals surface area contributed by atoms with Crippen LogP contribution in [0.15, 0.2) is 71.6 Å². The minimum Gasteiger partial charge on any atom is -0.442 e. The number of aryl methyl sites for hydroxylation is 2. The van der Waals surface area contributed by atoms with E-state index < -0.39 is 0 Å². The van der Waals surface area contributed by atoms with E-state index in [1.807, 2.05) is 48.9 Å². The normalized spacial score (nSPS) is 11.2. The Morgan fingerprint density at radius 3 is 2.50 bits per heavy atom.